The molecule has 0 bridgehead atoms. The topological polar surface area (TPSA) is 37.4 Å². The van der Waals surface area contributed by atoms with E-state index in [0.29, 0.717) is 5.69 Å². The van der Waals surface area contributed by atoms with Gasteiger partial charge in [0.05, 0.1) is 10.6 Å². The number of benzene rings is 2. The number of imide groups is 1. The highest BCUT2D eigenvalue weighted by molar-refractivity contribution is 9.10. The summed E-state index contributed by atoms with van der Waals surface area (Å²) in [4.78, 5) is 25.5. The van der Waals surface area contributed by atoms with Gasteiger partial charge in [-0.1, -0.05) is 40.2 Å². The summed E-state index contributed by atoms with van der Waals surface area (Å²) in [6, 6.07) is 9.59. The van der Waals surface area contributed by atoms with Gasteiger partial charge in [-0.15, -0.1) is 12.6 Å². The van der Waals surface area contributed by atoms with Crippen LogP contribution in [-0.2, 0) is 9.59 Å². The molecular formula is C15H10BrNO2S. The average Bonchev–Trinajstić information content (AvgIpc) is 2.65. The Morgan fingerprint density at radius 1 is 1.10 bits per heavy atom. The number of hydrogen-bond donors (Lipinski definition) is 1. The number of carbonyl (C=O) groups excluding carboxylic acids is 2. The molecule has 0 fully saturated rings. The van der Waals surface area contributed by atoms with E-state index in [4.69, 9.17) is 0 Å². The summed E-state index contributed by atoms with van der Waals surface area (Å²) in [6.45, 7) is 1.88. The molecule has 0 saturated carbocycles. The highest BCUT2D eigenvalue weighted by Crippen LogP contribution is 2.36. The molecule has 100 valence electrons. The van der Waals surface area contributed by atoms with Gasteiger partial charge >= 0.3 is 0 Å². The minimum absolute atomic E-state index is 0.168. The monoisotopic (exact) mass is 347 g/mol. The largest absolute Gasteiger partial charge is 0.271 e. The molecule has 3 rings (SSSR count). The molecule has 5 heteroatoms. The third-order valence-electron chi connectivity index (χ3n) is 3.31. The quantitative estimate of drug-likeness (QED) is 0.632. The summed E-state index contributed by atoms with van der Waals surface area (Å²) in [6.07, 6.45) is 1.25. The molecule has 1 aliphatic heterocycles. The van der Waals surface area contributed by atoms with Crippen LogP contribution in [0.25, 0.3) is 10.8 Å². The number of rotatable bonds is 1. The van der Waals surface area contributed by atoms with E-state index in [0.717, 1.165) is 20.8 Å². The van der Waals surface area contributed by atoms with E-state index in [9.17, 15) is 9.59 Å². The molecule has 2 aromatic rings. The lowest BCUT2D eigenvalue weighted by atomic mass is 10.0. The van der Waals surface area contributed by atoms with Crippen molar-refractivity contribution < 1.29 is 9.59 Å². The van der Waals surface area contributed by atoms with Crippen molar-refractivity contribution in [2.45, 2.75) is 6.92 Å². The normalized spacial score (nSPS) is 15.2. The fraction of sp³-hybridized carbons (Fsp3) is 0.0667. The lowest BCUT2D eigenvalue weighted by Gasteiger charge is -2.19. The number of carbonyl (C=O) groups is 2. The second-order valence-corrected chi connectivity index (χ2v) is 5.91. The van der Waals surface area contributed by atoms with Crippen molar-refractivity contribution in [1.82, 2.24) is 0 Å². The number of aryl methyl sites for hydroxylation is 1. The lowest BCUT2D eigenvalue weighted by Crippen LogP contribution is -2.31. The fourth-order valence-corrected chi connectivity index (χ4v) is 3.09. The van der Waals surface area contributed by atoms with Crippen molar-refractivity contribution in [3.05, 3.63) is 51.3 Å². The SMILES string of the molecule is Cc1ccc2c(Br)cccc2c1N1C(=O)C=C(S)C1=O. The predicted octanol–water partition coefficient (Wildman–Crippen LogP) is 3.60. The maximum absolute atomic E-state index is 12.1. The van der Waals surface area contributed by atoms with Crippen molar-refractivity contribution in [3.8, 4) is 0 Å². The second-order valence-electron chi connectivity index (χ2n) is 4.57. The van der Waals surface area contributed by atoms with Gasteiger partial charge in [0, 0.05) is 15.9 Å². The Labute approximate surface area is 129 Å². The van der Waals surface area contributed by atoms with Gasteiger partial charge in [0.2, 0.25) is 0 Å². The van der Waals surface area contributed by atoms with Crippen molar-refractivity contribution in [2.24, 2.45) is 0 Å². The van der Waals surface area contributed by atoms with Gasteiger partial charge < -0.3 is 0 Å². The molecule has 2 aromatic carbocycles. The van der Waals surface area contributed by atoms with Gasteiger partial charge in [0.1, 0.15) is 0 Å². The van der Waals surface area contributed by atoms with E-state index in [1.165, 1.54) is 11.0 Å². The summed E-state index contributed by atoms with van der Waals surface area (Å²) in [5, 5.41) is 1.82. The van der Waals surface area contributed by atoms with Crippen LogP contribution < -0.4 is 4.90 Å². The molecule has 3 nitrogen and oxygen atoms in total. The molecule has 0 atom stereocenters. The van der Waals surface area contributed by atoms with E-state index in [1.807, 2.05) is 37.3 Å². The molecular weight excluding hydrogens is 338 g/mol. The first-order valence-electron chi connectivity index (χ1n) is 5.97. The Balaban J connectivity index is 2.32. The Kier molecular flexibility index (Phi) is 3.18. The van der Waals surface area contributed by atoms with Crippen LogP contribution in [0, 0.1) is 6.92 Å². The average molecular weight is 348 g/mol. The molecule has 0 unspecified atom stereocenters. The number of nitrogens with zero attached hydrogens (tertiary/aromatic N) is 1. The number of fused-ring (bicyclic) bond motifs is 1. The highest BCUT2D eigenvalue weighted by atomic mass is 79.9. The Morgan fingerprint density at radius 2 is 1.85 bits per heavy atom. The molecule has 0 saturated heterocycles. The zero-order valence-electron chi connectivity index (χ0n) is 10.6. The van der Waals surface area contributed by atoms with E-state index in [1.54, 1.807) is 0 Å². The van der Waals surface area contributed by atoms with Gasteiger partial charge in [0.15, 0.2) is 0 Å². The molecule has 1 heterocycles. The minimum atomic E-state index is -0.381. The van der Waals surface area contributed by atoms with E-state index < -0.39 is 0 Å². The first-order chi connectivity index (χ1) is 9.50. The summed E-state index contributed by atoms with van der Waals surface area (Å²) in [5.74, 6) is -0.732. The highest BCUT2D eigenvalue weighted by Gasteiger charge is 2.32. The van der Waals surface area contributed by atoms with Crippen LogP contribution in [0.4, 0.5) is 5.69 Å². The second kappa shape index (κ2) is 4.75. The van der Waals surface area contributed by atoms with Crippen molar-refractivity contribution in [1.29, 1.82) is 0 Å². The van der Waals surface area contributed by atoms with Crippen LogP contribution in [0.2, 0.25) is 0 Å². The van der Waals surface area contributed by atoms with Crippen LogP contribution in [0.3, 0.4) is 0 Å². The number of thiol groups is 1. The molecule has 2 amide bonds. The molecule has 0 radical (unpaired) electrons. The first kappa shape index (κ1) is 13.4. The van der Waals surface area contributed by atoms with E-state index in [2.05, 4.69) is 28.6 Å². The smallest absolute Gasteiger partial charge is 0.269 e. The summed E-state index contributed by atoms with van der Waals surface area (Å²) in [5.41, 5.74) is 1.49. The van der Waals surface area contributed by atoms with E-state index in [-0.39, 0.29) is 16.7 Å². The summed E-state index contributed by atoms with van der Waals surface area (Å²) >= 11 is 7.53. The van der Waals surface area contributed by atoms with Crippen LogP contribution in [0.1, 0.15) is 5.56 Å². The third kappa shape index (κ3) is 1.89. The van der Waals surface area contributed by atoms with Gasteiger partial charge in [-0.25, -0.2) is 4.90 Å². The number of amides is 2. The maximum atomic E-state index is 12.1. The van der Waals surface area contributed by atoms with Crippen LogP contribution in [0.15, 0.2) is 45.8 Å². The fourth-order valence-electron chi connectivity index (χ4n) is 2.38. The van der Waals surface area contributed by atoms with Gasteiger partial charge in [-0.2, -0.15) is 0 Å². The molecule has 0 aliphatic carbocycles. The first-order valence-corrected chi connectivity index (χ1v) is 7.21. The van der Waals surface area contributed by atoms with Gasteiger partial charge in [-0.05, 0) is 23.9 Å². The predicted molar refractivity (Wildman–Crippen MR) is 85.9 cm³/mol. The third-order valence-corrected chi connectivity index (χ3v) is 4.32. The van der Waals surface area contributed by atoms with Gasteiger partial charge in [-0.3, -0.25) is 9.59 Å². The van der Waals surface area contributed by atoms with Crippen molar-refractivity contribution in [3.63, 3.8) is 0 Å². The van der Waals surface area contributed by atoms with Crippen LogP contribution in [0.5, 0.6) is 0 Å². The number of anilines is 1. The summed E-state index contributed by atoms with van der Waals surface area (Å²) < 4.78 is 0.925. The Hall–Kier alpha value is -1.59. The molecule has 20 heavy (non-hydrogen) atoms. The minimum Gasteiger partial charge on any atom is -0.269 e. The zero-order chi connectivity index (χ0) is 14.4. The Bertz CT molecular complexity index is 798. The van der Waals surface area contributed by atoms with Crippen molar-refractivity contribution >= 4 is 56.8 Å². The van der Waals surface area contributed by atoms with Crippen molar-refractivity contribution in [2.75, 3.05) is 4.90 Å². The standard InChI is InChI=1S/C15H10BrNO2S/c1-8-5-6-9-10(3-2-4-11(9)16)14(8)17-13(18)7-12(20)15(17)19/h2-7,20H,1H3. The molecule has 1 aliphatic rings. The Morgan fingerprint density at radius 3 is 2.50 bits per heavy atom. The molecule has 0 aromatic heterocycles. The van der Waals surface area contributed by atoms with Gasteiger partial charge in [0.25, 0.3) is 11.8 Å². The number of hydrogen-bond acceptors (Lipinski definition) is 3. The van der Waals surface area contributed by atoms with E-state index >= 15 is 0 Å². The molecule has 0 spiro atoms. The molecule has 0 N–H and O–H groups in total. The maximum Gasteiger partial charge on any atom is 0.271 e. The summed E-state index contributed by atoms with van der Waals surface area (Å²) in [7, 11) is 0. The zero-order valence-corrected chi connectivity index (χ0v) is 13.0. The van der Waals surface area contributed by atoms with Crippen LogP contribution in [-0.4, -0.2) is 11.8 Å². The lowest BCUT2D eigenvalue weighted by molar-refractivity contribution is -0.120. The number of halogens is 1. The van der Waals surface area contributed by atoms with Crippen LogP contribution >= 0.6 is 28.6 Å².